The Balaban J connectivity index is 1.87. The summed E-state index contributed by atoms with van der Waals surface area (Å²) in [5.74, 6) is -0.0844. The van der Waals surface area contributed by atoms with E-state index in [1.807, 2.05) is 63.4 Å². The molecule has 1 saturated heterocycles. The van der Waals surface area contributed by atoms with Gasteiger partial charge < -0.3 is 14.5 Å². The molecule has 0 bridgehead atoms. The molecule has 0 radical (unpaired) electrons. The number of aromatic nitrogens is 1. The van der Waals surface area contributed by atoms with Crippen LogP contribution in [0.2, 0.25) is 0 Å². The summed E-state index contributed by atoms with van der Waals surface area (Å²) >= 11 is 0. The number of nitrogens with zero attached hydrogens (tertiary/aromatic N) is 3. The van der Waals surface area contributed by atoms with Gasteiger partial charge in [0.1, 0.15) is 0 Å². The quantitative estimate of drug-likeness (QED) is 0.779. The van der Waals surface area contributed by atoms with E-state index in [1.54, 1.807) is 30.1 Å². The summed E-state index contributed by atoms with van der Waals surface area (Å²) in [5, 5.41) is 0. The van der Waals surface area contributed by atoms with Crippen molar-refractivity contribution in [2.75, 3.05) is 33.8 Å². The largest absolute Gasteiger partial charge is 0.361 e. The van der Waals surface area contributed by atoms with Crippen molar-refractivity contribution in [3.8, 4) is 11.1 Å². The first-order chi connectivity index (χ1) is 14.1. The molecule has 1 aromatic heterocycles. The SMILES string of the molecule is CN(C)C(=O)C1(Cc2ccc(-c3cccnc3)cc2)CN(C(=O)C(C)(C)C)CCO1. The number of carbonyl (C=O) groups is 2. The average Bonchev–Trinajstić information content (AvgIpc) is 2.73. The fourth-order valence-corrected chi connectivity index (χ4v) is 3.83. The van der Waals surface area contributed by atoms with E-state index in [0.717, 1.165) is 16.7 Å². The lowest BCUT2D eigenvalue weighted by Gasteiger charge is -2.44. The van der Waals surface area contributed by atoms with Crippen molar-refractivity contribution in [1.82, 2.24) is 14.8 Å². The van der Waals surface area contributed by atoms with Gasteiger partial charge in [-0.2, -0.15) is 0 Å². The van der Waals surface area contributed by atoms with Gasteiger partial charge in [-0.15, -0.1) is 0 Å². The maximum absolute atomic E-state index is 13.2. The molecule has 30 heavy (non-hydrogen) atoms. The van der Waals surface area contributed by atoms with Crippen molar-refractivity contribution in [1.29, 1.82) is 0 Å². The van der Waals surface area contributed by atoms with Gasteiger partial charge in [-0.3, -0.25) is 14.6 Å². The highest BCUT2D eigenvalue weighted by Gasteiger charge is 2.47. The van der Waals surface area contributed by atoms with E-state index in [-0.39, 0.29) is 18.4 Å². The molecular weight excluding hydrogens is 378 g/mol. The molecule has 3 rings (SSSR count). The van der Waals surface area contributed by atoms with Gasteiger partial charge in [0, 0.05) is 44.9 Å². The first-order valence-electron chi connectivity index (χ1n) is 10.3. The minimum atomic E-state index is -1.08. The van der Waals surface area contributed by atoms with Crippen LogP contribution < -0.4 is 0 Å². The van der Waals surface area contributed by atoms with Crippen molar-refractivity contribution < 1.29 is 14.3 Å². The van der Waals surface area contributed by atoms with Crippen LogP contribution in [0, 0.1) is 5.41 Å². The number of pyridine rings is 1. The maximum atomic E-state index is 13.2. The van der Waals surface area contributed by atoms with Crippen LogP contribution in [0.5, 0.6) is 0 Å². The van der Waals surface area contributed by atoms with Crippen LogP contribution in [-0.2, 0) is 20.7 Å². The zero-order valence-corrected chi connectivity index (χ0v) is 18.5. The highest BCUT2D eigenvalue weighted by Crippen LogP contribution is 2.29. The second kappa shape index (κ2) is 8.56. The molecule has 0 spiro atoms. The molecule has 6 nitrogen and oxygen atoms in total. The Morgan fingerprint density at radius 2 is 1.83 bits per heavy atom. The van der Waals surface area contributed by atoms with Crippen LogP contribution in [0.3, 0.4) is 0 Å². The van der Waals surface area contributed by atoms with Gasteiger partial charge in [-0.25, -0.2) is 0 Å². The Labute approximate surface area is 178 Å². The third-order valence-electron chi connectivity index (χ3n) is 5.35. The Morgan fingerprint density at radius 1 is 1.13 bits per heavy atom. The molecule has 1 aliphatic rings. The number of amides is 2. The molecule has 1 atom stereocenters. The molecule has 0 saturated carbocycles. The smallest absolute Gasteiger partial charge is 0.256 e. The first-order valence-corrected chi connectivity index (χ1v) is 10.3. The third-order valence-corrected chi connectivity index (χ3v) is 5.35. The second-order valence-corrected chi connectivity index (χ2v) is 9.13. The molecule has 1 fully saturated rings. The van der Waals surface area contributed by atoms with Crippen molar-refractivity contribution in [3.05, 3.63) is 54.4 Å². The van der Waals surface area contributed by atoms with Gasteiger partial charge in [0.15, 0.2) is 5.60 Å². The van der Waals surface area contributed by atoms with Crippen LogP contribution >= 0.6 is 0 Å². The summed E-state index contributed by atoms with van der Waals surface area (Å²) < 4.78 is 6.11. The summed E-state index contributed by atoms with van der Waals surface area (Å²) in [6.45, 7) is 6.80. The Bertz CT molecular complexity index is 888. The van der Waals surface area contributed by atoms with Gasteiger partial charge in [-0.1, -0.05) is 51.1 Å². The number of hydrogen-bond acceptors (Lipinski definition) is 4. The molecule has 1 aromatic carbocycles. The molecule has 6 heteroatoms. The normalized spacial score (nSPS) is 19.4. The van der Waals surface area contributed by atoms with E-state index in [4.69, 9.17) is 4.74 Å². The van der Waals surface area contributed by atoms with Crippen molar-refractivity contribution >= 4 is 11.8 Å². The van der Waals surface area contributed by atoms with E-state index in [2.05, 4.69) is 4.98 Å². The maximum Gasteiger partial charge on any atom is 0.256 e. The van der Waals surface area contributed by atoms with Crippen LogP contribution in [0.25, 0.3) is 11.1 Å². The van der Waals surface area contributed by atoms with Gasteiger partial charge in [0.25, 0.3) is 5.91 Å². The van der Waals surface area contributed by atoms with Crippen molar-refractivity contribution in [2.45, 2.75) is 32.8 Å². The van der Waals surface area contributed by atoms with E-state index in [0.29, 0.717) is 19.6 Å². The number of benzene rings is 1. The topological polar surface area (TPSA) is 62.7 Å². The molecule has 0 N–H and O–H groups in total. The van der Waals surface area contributed by atoms with Crippen LogP contribution in [-0.4, -0.2) is 66.0 Å². The summed E-state index contributed by atoms with van der Waals surface area (Å²) in [6.07, 6.45) is 3.98. The average molecular weight is 410 g/mol. The number of ether oxygens (including phenoxy) is 1. The number of likely N-dealkylation sites (N-methyl/N-ethyl adjacent to an activating group) is 1. The fourth-order valence-electron chi connectivity index (χ4n) is 3.83. The van der Waals surface area contributed by atoms with E-state index in [9.17, 15) is 9.59 Å². The lowest BCUT2D eigenvalue weighted by molar-refractivity contribution is -0.175. The summed E-state index contributed by atoms with van der Waals surface area (Å²) in [6, 6.07) is 12.0. The predicted molar refractivity (Wildman–Crippen MR) is 117 cm³/mol. The van der Waals surface area contributed by atoms with Crippen molar-refractivity contribution in [2.24, 2.45) is 5.41 Å². The molecule has 2 heterocycles. The van der Waals surface area contributed by atoms with Crippen molar-refractivity contribution in [3.63, 3.8) is 0 Å². The number of carbonyl (C=O) groups excluding carboxylic acids is 2. The monoisotopic (exact) mass is 409 g/mol. The minimum Gasteiger partial charge on any atom is -0.361 e. The fraction of sp³-hybridized carbons (Fsp3) is 0.458. The zero-order chi connectivity index (χ0) is 21.9. The molecule has 160 valence electrons. The van der Waals surface area contributed by atoms with E-state index >= 15 is 0 Å². The zero-order valence-electron chi connectivity index (χ0n) is 18.5. The third kappa shape index (κ3) is 4.70. The number of rotatable bonds is 4. The number of morpholine rings is 1. The van der Waals surface area contributed by atoms with Crippen LogP contribution in [0.15, 0.2) is 48.8 Å². The molecule has 2 amide bonds. The van der Waals surface area contributed by atoms with Gasteiger partial charge in [0.2, 0.25) is 5.91 Å². The minimum absolute atomic E-state index is 0.0358. The van der Waals surface area contributed by atoms with E-state index < -0.39 is 11.0 Å². The van der Waals surface area contributed by atoms with Gasteiger partial charge >= 0.3 is 0 Å². The predicted octanol–water partition coefficient (Wildman–Crippen LogP) is 3.02. The molecule has 0 aliphatic carbocycles. The number of hydrogen-bond donors (Lipinski definition) is 0. The Kier molecular flexibility index (Phi) is 6.27. The molecule has 1 unspecified atom stereocenters. The summed E-state index contributed by atoms with van der Waals surface area (Å²) in [5.41, 5.74) is 1.50. The molecular formula is C24H31N3O3. The highest BCUT2D eigenvalue weighted by molar-refractivity contribution is 5.88. The lowest BCUT2D eigenvalue weighted by atomic mass is 9.88. The Hall–Kier alpha value is -2.73. The lowest BCUT2D eigenvalue weighted by Crippen LogP contribution is -2.62. The highest BCUT2D eigenvalue weighted by atomic mass is 16.5. The molecule has 1 aliphatic heterocycles. The van der Waals surface area contributed by atoms with E-state index in [1.165, 1.54) is 0 Å². The van der Waals surface area contributed by atoms with Crippen LogP contribution in [0.4, 0.5) is 0 Å². The first kappa shape index (κ1) is 22.0. The van der Waals surface area contributed by atoms with Gasteiger partial charge in [0.05, 0.1) is 13.2 Å². The summed E-state index contributed by atoms with van der Waals surface area (Å²) in [7, 11) is 3.45. The van der Waals surface area contributed by atoms with Gasteiger partial charge in [-0.05, 0) is 22.8 Å². The summed E-state index contributed by atoms with van der Waals surface area (Å²) in [4.78, 5) is 33.6. The second-order valence-electron chi connectivity index (χ2n) is 9.13. The molecule has 2 aromatic rings. The standard InChI is InChI=1S/C24H31N3O3/c1-23(2,3)21(28)27-13-14-30-24(17-27,22(29)26(4)5)15-18-8-10-19(11-9-18)20-7-6-12-25-16-20/h6-12,16H,13-15,17H2,1-5H3. The van der Waals surface area contributed by atoms with Crippen LogP contribution in [0.1, 0.15) is 26.3 Å². The Morgan fingerprint density at radius 3 is 2.40 bits per heavy atom.